The van der Waals surface area contributed by atoms with Gasteiger partial charge in [-0.15, -0.1) is 0 Å². The first kappa shape index (κ1) is 12.7. The highest BCUT2D eigenvalue weighted by Gasteiger charge is 2.26. The van der Waals surface area contributed by atoms with Crippen molar-refractivity contribution in [3.8, 4) is 0 Å². The maximum Gasteiger partial charge on any atom is 0.189 e. The highest BCUT2D eigenvalue weighted by Crippen LogP contribution is 2.36. The maximum atomic E-state index is 5.99. The van der Waals surface area contributed by atoms with Gasteiger partial charge in [0.1, 0.15) is 0 Å². The van der Waals surface area contributed by atoms with E-state index < -0.39 is 0 Å². The van der Waals surface area contributed by atoms with Crippen molar-refractivity contribution in [2.45, 2.75) is 77.3 Å². The molecule has 0 saturated heterocycles. The summed E-state index contributed by atoms with van der Waals surface area (Å²) in [5.41, 5.74) is 6.50. The second-order valence-corrected chi connectivity index (χ2v) is 6.54. The number of aliphatic imine (C=N–C) groups is 1. The zero-order valence-electron chi connectivity index (χ0n) is 11.3. The Hall–Kier alpha value is -0.730. The minimum atomic E-state index is 0.455. The quantitative estimate of drug-likeness (QED) is 0.573. The summed E-state index contributed by atoms with van der Waals surface area (Å²) in [6.07, 6.45) is 10.1. The first-order valence-electron chi connectivity index (χ1n) is 7.15. The molecule has 3 nitrogen and oxygen atoms in total. The lowest BCUT2D eigenvalue weighted by molar-refractivity contribution is 0.226. The molecule has 0 spiro atoms. The molecule has 98 valence electrons. The SMILES string of the molecule is CC1(C)CCC(N=C(N)NC2CCCC2)CC1. The van der Waals surface area contributed by atoms with E-state index in [0.29, 0.717) is 23.5 Å². The van der Waals surface area contributed by atoms with Crippen molar-refractivity contribution >= 4 is 5.96 Å². The van der Waals surface area contributed by atoms with Crippen molar-refractivity contribution in [1.29, 1.82) is 0 Å². The molecular weight excluding hydrogens is 210 g/mol. The molecule has 0 atom stereocenters. The van der Waals surface area contributed by atoms with Crippen LogP contribution in [0.4, 0.5) is 0 Å². The number of guanidine groups is 1. The van der Waals surface area contributed by atoms with Crippen LogP contribution in [0.3, 0.4) is 0 Å². The van der Waals surface area contributed by atoms with E-state index in [9.17, 15) is 0 Å². The molecule has 17 heavy (non-hydrogen) atoms. The van der Waals surface area contributed by atoms with Gasteiger partial charge in [-0.25, -0.2) is 0 Å². The summed E-state index contributed by atoms with van der Waals surface area (Å²) in [5, 5.41) is 3.37. The molecule has 2 saturated carbocycles. The van der Waals surface area contributed by atoms with Crippen LogP contribution in [0.2, 0.25) is 0 Å². The van der Waals surface area contributed by atoms with Gasteiger partial charge in [0.05, 0.1) is 6.04 Å². The van der Waals surface area contributed by atoms with Crippen molar-refractivity contribution in [3.05, 3.63) is 0 Å². The van der Waals surface area contributed by atoms with Crippen LogP contribution in [0, 0.1) is 5.41 Å². The molecule has 0 radical (unpaired) electrons. The van der Waals surface area contributed by atoms with E-state index in [1.165, 1.54) is 51.4 Å². The minimum absolute atomic E-state index is 0.455. The minimum Gasteiger partial charge on any atom is -0.370 e. The van der Waals surface area contributed by atoms with Gasteiger partial charge in [-0.3, -0.25) is 4.99 Å². The van der Waals surface area contributed by atoms with Gasteiger partial charge in [-0.2, -0.15) is 0 Å². The molecule has 0 aromatic rings. The van der Waals surface area contributed by atoms with Gasteiger partial charge >= 0.3 is 0 Å². The fourth-order valence-electron chi connectivity index (χ4n) is 3.03. The van der Waals surface area contributed by atoms with E-state index in [0.717, 1.165) is 0 Å². The number of rotatable bonds is 2. The molecule has 0 aromatic carbocycles. The van der Waals surface area contributed by atoms with Crippen LogP contribution < -0.4 is 11.1 Å². The Morgan fingerprint density at radius 2 is 1.71 bits per heavy atom. The van der Waals surface area contributed by atoms with Gasteiger partial charge in [0.2, 0.25) is 0 Å². The third-order valence-electron chi connectivity index (χ3n) is 4.34. The molecule has 2 aliphatic rings. The van der Waals surface area contributed by atoms with Crippen LogP contribution >= 0.6 is 0 Å². The van der Waals surface area contributed by atoms with Gasteiger partial charge in [0, 0.05) is 6.04 Å². The summed E-state index contributed by atoms with van der Waals surface area (Å²) in [4.78, 5) is 4.65. The molecule has 2 fully saturated rings. The standard InChI is InChI=1S/C14H27N3/c1-14(2)9-7-12(8-10-14)17-13(15)16-11-5-3-4-6-11/h11-12H,3-10H2,1-2H3,(H3,15,16,17). The maximum absolute atomic E-state index is 5.99. The molecule has 0 unspecified atom stereocenters. The van der Waals surface area contributed by atoms with E-state index in [4.69, 9.17) is 5.73 Å². The Bertz CT molecular complexity index is 267. The smallest absolute Gasteiger partial charge is 0.189 e. The van der Waals surface area contributed by atoms with E-state index in [1.807, 2.05) is 0 Å². The molecule has 0 bridgehead atoms. The molecule has 0 aromatic heterocycles. The Kier molecular flexibility index (Phi) is 3.95. The summed E-state index contributed by atoms with van der Waals surface area (Å²) in [5.74, 6) is 0.682. The Balaban J connectivity index is 1.78. The normalized spacial score (nSPS) is 27.3. The summed E-state index contributed by atoms with van der Waals surface area (Å²) in [7, 11) is 0. The second kappa shape index (κ2) is 5.28. The average Bonchev–Trinajstić information content (AvgIpc) is 2.74. The predicted molar refractivity (Wildman–Crippen MR) is 73.1 cm³/mol. The molecule has 2 rings (SSSR count). The van der Waals surface area contributed by atoms with Crippen LogP contribution in [-0.2, 0) is 0 Å². The highest BCUT2D eigenvalue weighted by atomic mass is 15.1. The second-order valence-electron chi connectivity index (χ2n) is 6.54. The largest absolute Gasteiger partial charge is 0.370 e. The third-order valence-corrected chi connectivity index (χ3v) is 4.34. The third kappa shape index (κ3) is 3.90. The average molecular weight is 237 g/mol. The Morgan fingerprint density at radius 1 is 1.12 bits per heavy atom. The predicted octanol–water partition coefficient (Wildman–Crippen LogP) is 2.80. The Labute approximate surface area is 105 Å². The number of hydrogen-bond donors (Lipinski definition) is 2. The highest BCUT2D eigenvalue weighted by molar-refractivity contribution is 5.78. The van der Waals surface area contributed by atoms with Crippen LogP contribution in [0.25, 0.3) is 0 Å². The summed E-state index contributed by atoms with van der Waals surface area (Å²) in [6, 6.07) is 1.04. The van der Waals surface area contributed by atoms with E-state index in [2.05, 4.69) is 24.2 Å². The molecule has 0 heterocycles. The van der Waals surface area contributed by atoms with Crippen molar-refractivity contribution in [2.24, 2.45) is 16.1 Å². The van der Waals surface area contributed by atoms with E-state index >= 15 is 0 Å². The lowest BCUT2D eigenvalue weighted by Gasteiger charge is -2.32. The van der Waals surface area contributed by atoms with E-state index in [-0.39, 0.29) is 0 Å². The lowest BCUT2D eigenvalue weighted by atomic mass is 9.76. The number of nitrogens with two attached hydrogens (primary N) is 1. The first-order chi connectivity index (χ1) is 8.05. The number of nitrogens with one attached hydrogen (secondary N) is 1. The summed E-state index contributed by atoms with van der Waals surface area (Å²) in [6.45, 7) is 4.71. The fourth-order valence-corrected chi connectivity index (χ4v) is 3.03. The van der Waals surface area contributed by atoms with Gasteiger partial charge < -0.3 is 11.1 Å². The van der Waals surface area contributed by atoms with Crippen molar-refractivity contribution in [3.63, 3.8) is 0 Å². The Morgan fingerprint density at radius 3 is 2.29 bits per heavy atom. The molecule has 2 aliphatic carbocycles. The van der Waals surface area contributed by atoms with Crippen molar-refractivity contribution in [1.82, 2.24) is 5.32 Å². The molecular formula is C14H27N3. The zero-order chi connectivity index (χ0) is 12.3. The van der Waals surface area contributed by atoms with Crippen LogP contribution in [0.5, 0.6) is 0 Å². The molecule has 3 N–H and O–H groups in total. The summed E-state index contributed by atoms with van der Waals surface area (Å²) >= 11 is 0. The van der Waals surface area contributed by atoms with Gasteiger partial charge in [-0.1, -0.05) is 26.7 Å². The summed E-state index contributed by atoms with van der Waals surface area (Å²) < 4.78 is 0. The van der Waals surface area contributed by atoms with Crippen LogP contribution in [-0.4, -0.2) is 18.0 Å². The van der Waals surface area contributed by atoms with Gasteiger partial charge in [0.25, 0.3) is 0 Å². The van der Waals surface area contributed by atoms with Gasteiger partial charge in [0.15, 0.2) is 5.96 Å². The van der Waals surface area contributed by atoms with Crippen LogP contribution in [0.1, 0.15) is 65.2 Å². The zero-order valence-corrected chi connectivity index (χ0v) is 11.3. The van der Waals surface area contributed by atoms with Crippen LogP contribution in [0.15, 0.2) is 4.99 Å². The fraction of sp³-hybridized carbons (Fsp3) is 0.929. The first-order valence-corrected chi connectivity index (χ1v) is 7.15. The molecule has 3 heteroatoms. The lowest BCUT2D eigenvalue weighted by Crippen LogP contribution is -2.40. The van der Waals surface area contributed by atoms with Crippen molar-refractivity contribution in [2.75, 3.05) is 0 Å². The van der Waals surface area contributed by atoms with Crippen molar-refractivity contribution < 1.29 is 0 Å². The topological polar surface area (TPSA) is 50.4 Å². The number of nitrogens with zero attached hydrogens (tertiary/aromatic N) is 1. The molecule has 0 amide bonds. The molecule has 0 aliphatic heterocycles. The van der Waals surface area contributed by atoms with E-state index in [1.54, 1.807) is 0 Å². The van der Waals surface area contributed by atoms with Gasteiger partial charge in [-0.05, 0) is 43.9 Å². The monoisotopic (exact) mass is 237 g/mol. The number of hydrogen-bond acceptors (Lipinski definition) is 1.